The zero-order valence-electron chi connectivity index (χ0n) is 15.5. The van der Waals surface area contributed by atoms with Crippen LogP contribution in [0.1, 0.15) is 38.5 Å². The van der Waals surface area contributed by atoms with Crippen LogP contribution in [0.4, 0.5) is 16.2 Å². The maximum absolute atomic E-state index is 12.4. The summed E-state index contributed by atoms with van der Waals surface area (Å²) >= 11 is 0. The van der Waals surface area contributed by atoms with Gasteiger partial charge in [0.1, 0.15) is 0 Å². The fraction of sp³-hybridized carbons (Fsp3) is 0.611. The van der Waals surface area contributed by atoms with Crippen molar-refractivity contribution in [3.8, 4) is 0 Å². The van der Waals surface area contributed by atoms with E-state index in [-0.39, 0.29) is 18.1 Å². The molecule has 1 aliphatic rings. The first-order chi connectivity index (χ1) is 12.3. The summed E-state index contributed by atoms with van der Waals surface area (Å²) in [6.45, 7) is 0.620. The number of anilines is 2. The van der Waals surface area contributed by atoms with E-state index in [1.54, 1.807) is 24.3 Å². The van der Waals surface area contributed by atoms with Crippen LogP contribution in [-0.4, -0.2) is 46.0 Å². The summed E-state index contributed by atoms with van der Waals surface area (Å²) in [6.07, 6.45) is 7.23. The maximum Gasteiger partial charge on any atom is 0.319 e. The molecule has 0 radical (unpaired) electrons. The lowest BCUT2D eigenvalue weighted by Gasteiger charge is -2.37. The van der Waals surface area contributed by atoms with Crippen LogP contribution in [-0.2, 0) is 10.0 Å². The highest BCUT2D eigenvalue weighted by Crippen LogP contribution is 2.38. The highest BCUT2D eigenvalue weighted by Gasteiger charge is 2.31. The van der Waals surface area contributed by atoms with Crippen LogP contribution in [0, 0.1) is 5.41 Å². The topological polar surface area (TPSA) is 98.7 Å². The number of hydrogen-bond donors (Lipinski definition) is 3. The van der Waals surface area contributed by atoms with Gasteiger partial charge in [0, 0.05) is 20.2 Å². The minimum Gasteiger partial charge on any atom is -0.396 e. The van der Waals surface area contributed by atoms with Gasteiger partial charge in [0.05, 0.1) is 17.6 Å². The summed E-state index contributed by atoms with van der Waals surface area (Å²) in [6, 6.07) is 6.40. The Kier molecular flexibility index (Phi) is 6.88. The van der Waals surface area contributed by atoms with Crippen molar-refractivity contribution in [3.63, 3.8) is 0 Å². The number of aliphatic hydroxyl groups excluding tert-OH is 1. The molecule has 0 spiro atoms. The van der Waals surface area contributed by atoms with E-state index in [1.807, 2.05) is 0 Å². The van der Waals surface area contributed by atoms with Gasteiger partial charge in [-0.25, -0.2) is 13.2 Å². The van der Waals surface area contributed by atoms with E-state index >= 15 is 0 Å². The number of hydrogen-bond acceptors (Lipinski definition) is 4. The molecule has 2 amide bonds. The van der Waals surface area contributed by atoms with Crippen molar-refractivity contribution in [3.05, 3.63) is 24.3 Å². The van der Waals surface area contributed by atoms with Crippen molar-refractivity contribution in [2.75, 3.05) is 36.1 Å². The third-order valence-electron chi connectivity index (χ3n) is 5.17. The Bertz CT molecular complexity index is 709. The summed E-state index contributed by atoms with van der Waals surface area (Å²) < 4.78 is 24.7. The number of benzene rings is 1. The minimum absolute atomic E-state index is 0.0482. The lowest BCUT2D eigenvalue weighted by molar-refractivity contribution is 0.128. The van der Waals surface area contributed by atoms with Gasteiger partial charge in [-0.15, -0.1) is 0 Å². The van der Waals surface area contributed by atoms with Crippen LogP contribution >= 0.6 is 0 Å². The van der Waals surface area contributed by atoms with E-state index in [0.717, 1.165) is 36.2 Å². The minimum atomic E-state index is -3.43. The first-order valence-electron chi connectivity index (χ1n) is 8.96. The summed E-state index contributed by atoms with van der Waals surface area (Å²) in [5, 5.41) is 15.0. The fourth-order valence-electron chi connectivity index (χ4n) is 3.52. The molecule has 146 valence electrons. The van der Waals surface area contributed by atoms with Crippen LogP contribution < -0.4 is 14.9 Å². The average Bonchev–Trinajstić information content (AvgIpc) is 2.60. The molecule has 0 heterocycles. The second-order valence-electron chi connectivity index (χ2n) is 7.09. The molecule has 0 unspecified atom stereocenters. The molecule has 26 heavy (non-hydrogen) atoms. The number of rotatable bonds is 7. The Morgan fingerprint density at radius 3 is 2.50 bits per heavy atom. The van der Waals surface area contributed by atoms with Crippen molar-refractivity contribution in [1.29, 1.82) is 0 Å². The number of nitrogens with one attached hydrogen (secondary N) is 2. The zero-order valence-corrected chi connectivity index (χ0v) is 16.3. The summed E-state index contributed by atoms with van der Waals surface area (Å²) in [5.41, 5.74) is 0.790. The van der Waals surface area contributed by atoms with Gasteiger partial charge in [0.2, 0.25) is 10.0 Å². The van der Waals surface area contributed by atoms with Gasteiger partial charge in [-0.05, 0) is 36.8 Å². The lowest BCUT2D eigenvalue weighted by atomic mass is 9.72. The number of nitrogens with zero attached hydrogens (tertiary/aromatic N) is 1. The quantitative estimate of drug-likeness (QED) is 0.674. The molecule has 0 aliphatic heterocycles. The van der Waals surface area contributed by atoms with E-state index < -0.39 is 10.0 Å². The highest BCUT2D eigenvalue weighted by atomic mass is 32.2. The number of aliphatic hydroxyl groups is 1. The molecule has 1 saturated carbocycles. The first kappa shape index (κ1) is 20.5. The normalized spacial score (nSPS) is 16.7. The molecule has 0 bridgehead atoms. The van der Waals surface area contributed by atoms with Crippen molar-refractivity contribution in [1.82, 2.24) is 5.32 Å². The van der Waals surface area contributed by atoms with Gasteiger partial charge < -0.3 is 15.7 Å². The zero-order chi connectivity index (χ0) is 19.2. The van der Waals surface area contributed by atoms with Gasteiger partial charge >= 0.3 is 6.03 Å². The SMILES string of the molecule is CN(c1ccccc1NC(=O)NCC1(CCO)CCCCC1)S(C)(=O)=O. The number of carbonyl (C=O) groups is 1. The summed E-state index contributed by atoms with van der Waals surface area (Å²) in [4.78, 5) is 12.4. The molecule has 0 saturated heterocycles. The number of carbonyl (C=O) groups excluding carboxylic acids is 1. The largest absolute Gasteiger partial charge is 0.396 e. The third-order valence-corrected chi connectivity index (χ3v) is 6.36. The molecule has 1 fully saturated rings. The lowest BCUT2D eigenvalue weighted by Crippen LogP contribution is -2.41. The predicted molar refractivity (Wildman–Crippen MR) is 104 cm³/mol. The van der Waals surface area contributed by atoms with E-state index in [4.69, 9.17) is 0 Å². The molecule has 3 N–H and O–H groups in total. The maximum atomic E-state index is 12.4. The molecule has 7 nitrogen and oxygen atoms in total. The molecule has 2 rings (SSSR count). The Balaban J connectivity index is 2.04. The number of sulfonamides is 1. The van der Waals surface area contributed by atoms with Crippen LogP contribution in [0.15, 0.2) is 24.3 Å². The van der Waals surface area contributed by atoms with Gasteiger partial charge in [-0.3, -0.25) is 4.31 Å². The monoisotopic (exact) mass is 383 g/mol. The van der Waals surface area contributed by atoms with Crippen molar-refractivity contribution < 1.29 is 18.3 Å². The summed E-state index contributed by atoms with van der Waals surface area (Å²) in [5.74, 6) is 0. The molecule has 0 atom stereocenters. The van der Waals surface area contributed by atoms with Crippen LogP contribution in [0.3, 0.4) is 0 Å². The molecule has 1 aromatic rings. The van der Waals surface area contributed by atoms with Gasteiger partial charge in [0.15, 0.2) is 0 Å². The summed E-state index contributed by atoms with van der Waals surface area (Å²) in [7, 11) is -1.98. The van der Waals surface area contributed by atoms with Gasteiger partial charge in [-0.1, -0.05) is 31.4 Å². The Morgan fingerprint density at radius 2 is 1.88 bits per heavy atom. The van der Waals surface area contributed by atoms with Crippen LogP contribution in [0.2, 0.25) is 0 Å². The average molecular weight is 384 g/mol. The van der Waals surface area contributed by atoms with Crippen LogP contribution in [0.25, 0.3) is 0 Å². The molecular formula is C18H29N3O4S. The number of urea groups is 1. The molecule has 8 heteroatoms. The second-order valence-corrected chi connectivity index (χ2v) is 9.10. The first-order valence-corrected chi connectivity index (χ1v) is 10.8. The van der Waals surface area contributed by atoms with Gasteiger partial charge in [-0.2, -0.15) is 0 Å². The second kappa shape index (κ2) is 8.73. The van der Waals surface area contributed by atoms with E-state index in [9.17, 15) is 18.3 Å². The van der Waals surface area contributed by atoms with Crippen molar-refractivity contribution in [2.24, 2.45) is 5.41 Å². The highest BCUT2D eigenvalue weighted by molar-refractivity contribution is 7.92. The molecule has 1 aliphatic carbocycles. The van der Waals surface area contributed by atoms with E-state index in [2.05, 4.69) is 10.6 Å². The Morgan fingerprint density at radius 1 is 1.23 bits per heavy atom. The predicted octanol–water partition coefficient (Wildman–Crippen LogP) is 2.54. The smallest absolute Gasteiger partial charge is 0.319 e. The van der Waals surface area contributed by atoms with Crippen molar-refractivity contribution in [2.45, 2.75) is 38.5 Å². The Labute approximate surface area is 155 Å². The van der Waals surface area contributed by atoms with E-state index in [0.29, 0.717) is 24.3 Å². The molecule has 0 aromatic heterocycles. The molecule has 1 aromatic carbocycles. The fourth-order valence-corrected chi connectivity index (χ4v) is 4.04. The standard InChI is InChI=1S/C18H29N3O4S/c1-21(26(2,24)25)16-9-5-4-8-15(16)20-17(23)19-14-18(12-13-22)10-6-3-7-11-18/h4-5,8-9,22H,3,6-7,10-14H2,1-2H3,(H2,19,20,23). The third kappa shape index (κ3) is 5.35. The van der Waals surface area contributed by atoms with Gasteiger partial charge in [0.25, 0.3) is 0 Å². The number of amides is 2. The van der Waals surface area contributed by atoms with Crippen LogP contribution in [0.5, 0.6) is 0 Å². The Hall–Kier alpha value is -1.80. The van der Waals surface area contributed by atoms with E-state index in [1.165, 1.54) is 13.5 Å². The van der Waals surface area contributed by atoms with Crippen molar-refractivity contribution >= 4 is 27.4 Å². The molecular weight excluding hydrogens is 354 g/mol. The number of para-hydroxylation sites is 2.